The molecule has 1 saturated heterocycles. The molecule has 0 saturated carbocycles. The quantitative estimate of drug-likeness (QED) is 0.821. The van der Waals surface area contributed by atoms with Crippen LogP contribution in [0.15, 0.2) is 24.5 Å². The van der Waals surface area contributed by atoms with Crippen molar-refractivity contribution < 1.29 is 4.79 Å². The van der Waals surface area contributed by atoms with Gasteiger partial charge >= 0.3 is 0 Å². The van der Waals surface area contributed by atoms with E-state index in [1.165, 1.54) is 23.8 Å². The van der Waals surface area contributed by atoms with Gasteiger partial charge in [0.2, 0.25) is 5.91 Å². The van der Waals surface area contributed by atoms with E-state index in [0.717, 1.165) is 44.4 Å². The zero-order chi connectivity index (χ0) is 13.8. The third kappa shape index (κ3) is 2.84. The molecule has 1 N–H and O–H groups in total. The number of hydrogen-bond donors (Lipinski definition) is 1. The number of hydrogen-bond acceptors (Lipinski definition) is 2. The Labute approximate surface area is 119 Å². The smallest absolute Gasteiger partial charge is 0.222 e. The van der Waals surface area contributed by atoms with E-state index in [9.17, 15) is 4.79 Å². The van der Waals surface area contributed by atoms with E-state index in [1.807, 2.05) is 17.2 Å². The molecule has 20 heavy (non-hydrogen) atoms. The summed E-state index contributed by atoms with van der Waals surface area (Å²) in [4.78, 5) is 21.0. The fourth-order valence-corrected chi connectivity index (χ4v) is 2.95. The number of unbranched alkanes of at least 4 members (excludes halogenated alkanes) is 2. The number of nitrogens with one attached hydrogen (secondary N) is 1. The highest BCUT2D eigenvalue weighted by Gasteiger charge is 2.18. The van der Waals surface area contributed by atoms with E-state index in [1.54, 1.807) is 0 Å². The monoisotopic (exact) mass is 271 g/mol. The number of carbonyl (C=O) groups is 1. The SMILES string of the molecule is O=C1CCCN1CCCCCc1c[nH]c2ncccc12. The number of rotatable bonds is 6. The van der Waals surface area contributed by atoms with Crippen molar-refractivity contribution in [1.82, 2.24) is 14.9 Å². The second kappa shape index (κ2) is 6.07. The Balaban J connectivity index is 1.42. The highest BCUT2D eigenvalue weighted by molar-refractivity contribution is 5.79. The van der Waals surface area contributed by atoms with E-state index in [-0.39, 0.29) is 0 Å². The third-order valence-electron chi connectivity index (χ3n) is 4.08. The first-order valence-corrected chi connectivity index (χ1v) is 7.53. The summed E-state index contributed by atoms with van der Waals surface area (Å²) in [6, 6.07) is 4.11. The lowest BCUT2D eigenvalue weighted by molar-refractivity contribution is -0.127. The Bertz CT molecular complexity index is 590. The minimum absolute atomic E-state index is 0.340. The van der Waals surface area contributed by atoms with Crippen molar-refractivity contribution in [2.45, 2.75) is 38.5 Å². The Morgan fingerprint density at radius 2 is 2.25 bits per heavy atom. The first-order valence-electron chi connectivity index (χ1n) is 7.53. The largest absolute Gasteiger partial charge is 0.346 e. The van der Waals surface area contributed by atoms with Gasteiger partial charge in [-0.1, -0.05) is 6.42 Å². The molecule has 3 heterocycles. The lowest BCUT2D eigenvalue weighted by atomic mass is 10.1. The zero-order valence-corrected chi connectivity index (χ0v) is 11.8. The molecule has 1 aliphatic heterocycles. The van der Waals surface area contributed by atoms with Gasteiger partial charge in [0.15, 0.2) is 0 Å². The van der Waals surface area contributed by atoms with E-state index in [0.29, 0.717) is 5.91 Å². The molecule has 2 aromatic heterocycles. The van der Waals surface area contributed by atoms with Crippen LogP contribution in [0, 0.1) is 0 Å². The summed E-state index contributed by atoms with van der Waals surface area (Å²) in [6.45, 7) is 1.90. The molecule has 4 nitrogen and oxygen atoms in total. The summed E-state index contributed by atoms with van der Waals surface area (Å²) in [6.07, 6.45) is 10.2. The Hall–Kier alpha value is -1.84. The molecule has 4 heteroatoms. The molecule has 1 aliphatic rings. The van der Waals surface area contributed by atoms with Crippen molar-refractivity contribution in [1.29, 1.82) is 0 Å². The molecule has 0 atom stereocenters. The van der Waals surface area contributed by atoms with Crippen LogP contribution in [0.3, 0.4) is 0 Å². The van der Waals surface area contributed by atoms with Crippen LogP contribution < -0.4 is 0 Å². The van der Waals surface area contributed by atoms with Gasteiger partial charge in [-0.25, -0.2) is 4.98 Å². The summed E-state index contributed by atoms with van der Waals surface area (Å²) >= 11 is 0. The number of H-pyrrole nitrogens is 1. The van der Waals surface area contributed by atoms with Gasteiger partial charge in [0.25, 0.3) is 0 Å². The van der Waals surface area contributed by atoms with Crippen LogP contribution in [0.2, 0.25) is 0 Å². The van der Waals surface area contributed by atoms with Gasteiger partial charge in [-0.3, -0.25) is 4.79 Å². The molecule has 2 aromatic rings. The molecule has 3 rings (SSSR count). The minimum Gasteiger partial charge on any atom is -0.346 e. The van der Waals surface area contributed by atoms with Gasteiger partial charge in [0.1, 0.15) is 5.65 Å². The second-order valence-electron chi connectivity index (χ2n) is 5.51. The predicted octanol–water partition coefficient (Wildman–Crippen LogP) is 2.90. The van der Waals surface area contributed by atoms with Crippen molar-refractivity contribution in [3.8, 4) is 0 Å². The standard InChI is InChI=1S/C16H21N3O/c20-15-8-5-11-19(15)10-3-1-2-6-13-12-18-16-14(13)7-4-9-17-16/h4,7,9,12H,1-3,5-6,8,10-11H2,(H,17,18). The topological polar surface area (TPSA) is 49.0 Å². The fourth-order valence-electron chi connectivity index (χ4n) is 2.95. The van der Waals surface area contributed by atoms with Crippen LogP contribution in [-0.2, 0) is 11.2 Å². The minimum atomic E-state index is 0.340. The number of likely N-dealkylation sites (tertiary alicyclic amines) is 1. The number of aromatic amines is 1. The molecule has 0 radical (unpaired) electrons. The summed E-state index contributed by atoms with van der Waals surface area (Å²) in [7, 11) is 0. The second-order valence-corrected chi connectivity index (χ2v) is 5.51. The van der Waals surface area contributed by atoms with E-state index in [2.05, 4.69) is 22.2 Å². The Morgan fingerprint density at radius 1 is 1.30 bits per heavy atom. The van der Waals surface area contributed by atoms with Crippen LogP contribution in [0.1, 0.15) is 37.7 Å². The summed E-state index contributed by atoms with van der Waals surface area (Å²) in [5.74, 6) is 0.340. The van der Waals surface area contributed by atoms with Crippen molar-refractivity contribution in [2.75, 3.05) is 13.1 Å². The van der Waals surface area contributed by atoms with E-state index >= 15 is 0 Å². The number of carbonyl (C=O) groups excluding carboxylic acids is 1. The zero-order valence-electron chi connectivity index (χ0n) is 11.8. The summed E-state index contributed by atoms with van der Waals surface area (Å²) < 4.78 is 0. The van der Waals surface area contributed by atoms with Crippen LogP contribution in [0.4, 0.5) is 0 Å². The van der Waals surface area contributed by atoms with Crippen LogP contribution >= 0.6 is 0 Å². The lowest BCUT2D eigenvalue weighted by Gasteiger charge is -2.14. The highest BCUT2D eigenvalue weighted by atomic mass is 16.2. The van der Waals surface area contributed by atoms with Gasteiger partial charge in [-0.05, 0) is 43.4 Å². The number of aryl methyl sites for hydroxylation is 1. The molecule has 0 aliphatic carbocycles. The van der Waals surface area contributed by atoms with Crippen LogP contribution in [0.5, 0.6) is 0 Å². The first kappa shape index (κ1) is 13.2. The highest BCUT2D eigenvalue weighted by Crippen LogP contribution is 2.18. The number of amides is 1. The maximum Gasteiger partial charge on any atom is 0.222 e. The number of fused-ring (bicyclic) bond motifs is 1. The van der Waals surface area contributed by atoms with E-state index in [4.69, 9.17) is 0 Å². The first-order chi connectivity index (χ1) is 9.84. The fraction of sp³-hybridized carbons (Fsp3) is 0.500. The van der Waals surface area contributed by atoms with Gasteiger partial charge in [-0.15, -0.1) is 0 Å². The van der Waals surface area contributed by atoms with Crippen molar-refractivity contribution in [3.05, 3.63) is 30.1 Å². The molecule has 0 spiro atoms. The average molecular weight is 271 g/mol. The van der Waals surface area contributed by atoms with Gasteiger partial charge in [-0.2, -0.15) is 0 Å². The molecular formula is C16H21N3O. The normalized spacial score (nSPS) is 15.4. The molecule has 1 fully saturated rings. The summed E-state index contributed by atoms with van der Waals surface area (Å²) in [5.41, 5.74) is 2.33. The van der Waals surface area contributed by atoms with Gasteiger partial charge in [0, 0.05) is 37.3 Å². The van der Waals surface area contributed by atoms with Gasteiger partial charge < -0.3 is 9.88 Å². The van der Waals surface area contributed by atoms with E-state index < -0.39 is 0 Å². The third-order valence-corrected chi connectivity index (χ3v) is 4.08. The molecule has 0 unspecified atom stereocenters. The Morgan fingerprint density at radius 3 is 3.10 bits per heavy atom. The Kier molecular flexibility index (Phi) is 4.00. The van der Waals surface area contributed by atoms with Crippen LogP contribution in [-0.4, -0.2) is 33.9 Å². The van der Waals surface area contributed by atoms with Crippen molar-refractivity contribution in [3.63, 3.8) is 0 Å². The molecule has 0 aromatic carbocycles. The maximum atomic E-state index is 11.5. The number of pyridine rings is 1. The molecule has 0 bridgehead atoms. The number of nitrogens with zero attached hydrogens (tertiary/aromatic N) is 2. The summed E-state index contributed by atoms with van der Waals surface area (Å²) in [5, 5.41) is 1.24. The van der Waals surface area contributed by atoms with Crippen LogP contribution in [0.25, 0.3) is 11.0 Å². The van der Waals surface area contributed by atoms with Crippen molar-refractivity contribution in [2.24, 2.45) is 0 Å². The lowest BCUT2D eigenvalue weighted by Crippen LogP contribution is -2.25. The average Bonchev–Trinajstić information content (AvgIpc) is 3.06. The van der Waals surface area contributed by atoms with Gasteiger partial charge in [0.05, 0.1) is 0 Å². The molecule has 106 valence electrons. The predicted molar refractivity (Wildman–Crippen MR) is 79.5 cm³/mol. The van der Waals surface area contributed by atoms with Crippen molar-refractivity contribution >= 4 is 16.9 Å². The molecule has 1 amide bonds. The molecular weight excluding hydrogens is 250 g/mol. The number of aromatic nitrogens is 2. The maximum absolute atomic E-state index is 11.5.